The fourth-order valence-electron chi connectivity index (χ4n) is 3.22. The van der Waals surface area contributed by atoms with E-state index in [-0.39, 0.29) is 12.0 Å². The topological polar surface area (TPSA) is 55.6 Å². The lowest BCUT2D eigenvalue weighted by molar-refractivity contribution is -0.139. The highest BCUT2D eigenvalue weighted by Crippen LogP contribution is 2.30. The van der Waals surface area contributed by atoms with Crippen LogP contribution in [-0.4, -0.2) is 36.0 Å². The standard InChI is InChI=1S/C16H22N2O2/c1-18(13-8-6-12(17)7-9-13)16(19)15-10-11-4-2-3-5-14(11)20-15/h2-5,12-13,15H,6-10,17H2,1H3. The summed E-state index contributed by atoms with van der Waals surface area (Å²) in [6, 6.07) is 8.51. The summed E-state index contributed by atoms with van der Waals surface area (Å²) in [7, 11) is 1.90. The van der Waals surface area contributed by atoms with Crippen molar-refractivity contribution in [1.82, 2.24) is 4.90 Å². The van der Waals surface area contributed by atoms with Crippen LogP contribution in [0.1, 0.15) is 31.2 Å². The molecule has 0 radical (unpaired) electrons. The maximum absolute atomic E-state index is 12.6. The van der Waals surface area contributed by atoms with Gasteiger partial charge in [-0.15, -0.1) is 0 Å². The normalized spacial score (nSPS) is 28.6. The molecule has 3 rings (SSSR count). The number of rotatable bonds is 2. The number of amides is 1. The van der Waals surface area contributed by atoms with Crippen LogP contribution in [0.15, 0.2) is 24.3 Å². The van der Waals surface area contributed by atoms with Gasteiger partial charge < -0.3 is 15.4 Å². The van der Waals surface area contributed by atoms with Crippen LogP contribution in [0.4, 0.5) is 0 Å². The molecule has 1 saturated carbocycles. The maximum Gasteiger partial charge on any atom is 0.263 e. The van der Waals surface area contributed by atoms with Gasteiger partial charge in [-0.2, -0.15) is 0 Å². The van der Waals surface area contributed by atoms with Gasteiger partial charge in [0.1, 0.15) is 5.75 Å². The Hall–Kier alpha value is -1.55. The summed E-state index contributed by atoms with van der Waals surface area (Å²) in [5.41, 5.74) is 7.05. The minimum atomic E-state index is -0.354. The largest absolute Gasteiger partial charge is 0.480 e. The molecule has 1 atom stereocenters. The van der Waals surface area contributed by atoms with Gasteiger partial charge in [0.05, 0.1) is 0 Å². The second kappa shape index (κ2) is 5.44. The van der Waals surface area contributed by atoms with Crippen molar-refractivity contribution in [3.8, 4) is 5.75 Å². The van der Waals surface area contributed by atoms with Gasteiger partial charge >= 0.3 is 0 Å². The summed E-state index contributed by atoms with van der Waals surface area (Å²) in [6.45, 7) is 0. The monoisotopic (exact) mass is 274 g/mol. The van der Waals surface area contributed by atoms with E-state index in [2.05, 4.69) is 0 Å². The van der Waals surface area contributed by atoms with E-state index in [1.54, 1.807) is 0 Å². The third-order valence-corrected chi connectivity index (χ3v) is 4.56. The number of carbonyl (C=O) groups excluding carboxylic acids is 1. The van der Waals surface area contributed by atoms with Gasteiger partial charge in [0, 0.05) is 25.6 Å². The van der Waals surface area contributed by atoms with Crippen molar-refractivity contribution in [1.29, 1.82) is 0 Å². The molecule has 4 nitrogen and oxygen atoms in total. The zero-order valence-corrected chi connectivity index (χ0v) is 11.9. The minimum absolute atomic E-state index is 0.0988. The Morgan fingerprint density at radius 2 is 1.95 bits per heavy atom. The number of ether oxygens (including phenoxy) is 1. The molecule has 4 heteroatoms. The van der Waals surface area contributed by atoms with Gasteiger partial charge in [-0.3, -0.25) is 4.79 Å². The van der Waals surface area contributed by atoms with Crippen molar-refractivity contribution >= 4 is 5.91 Å². The predicted octanol–water partition coefficient (Wildman–Crippen LogP) is 1.72. The molecule has 2 aliphatic rings. The van der Waals surface area contributed by atoms with Gasteiger partial charge in [0.25, 0.3) is 5.91 Å². The van der Waals surface area contributed by atoms with Gasteiger partial charge in [-0.25, -0.2) is 0 Å². The smallest absolute Gasteiger partial charge is 0.263 e. The first kappa shape index (κ1) is 13.4. The van der Waals surface area contributed by atoms with Crippen LogP contribution in [0.5, 0.6) is 5.75 Å². The number of hydrogen-bond acceptors (Lipinski definition) is 3. The molecular formula is C16H22N2O2. The summed E-state index contributed by atoms with van der Waals surface area (Å²) in [5, 5.41) is 0. The van der Waals surface area contributed by atoms with Crippen molar-refractivity contribution in [2.75, 3.05) is 7.05 Å². The van der Waals surface area contributed by atoms with E-state index >= 15 is 0 Å². The number of para-hydroxylation sites is 1. The SMILES string of the molecule is CN(C(=O)C1Cc2ccccc2O1)C1CCC(N)CC1. The quantitative estimate of drug-likeness (QED) is 0.893. The van der Waals surface area contributed by atoms with E-state index in [9.17, 15) is 4.79 Å². The molecule has 1 heterocycles. The average Bonchev–Trinajstić information content (AvgIpc) is 2.90. The second-order valence-corrected chi connectivity index (χ2v) is 5.94. The second-order valence-electron chi connectivity index (χ2n) is 5.94. The number of fused-ring (bicyclic) bond motifs is 1. The molecule has 1 fully saturated rings. The molecular weight excluding hydrogens is 252 g/mol. The Balaban J connectivity index is 1.63. The van der Waals surface area contributed by atoms with Crippen LogP contribution >= 0.6 is 0 Å². The fraction of sp³-hybridized carbons (Fsp3) is 0.562. The fourth-order valence-corrected chi connectivity index (χ4v) is 3.22. The van der Waals surface area contributed by atoms with Crippen LogP contribution in [0.2, 0.25) is 0 Å². The molecule has 20 heavy (non-hydrogen) atoms. The van der Waals surface area contributed by atoms with Gasteiger partial charge in [-0.05, 0) is 37.3 Å². The molecule has 1 amide bonds. The zero-order chi connectivity index (χ0) is 14.1. The van der Waals surface area contributed by atoms with Gasteiger partial charge in [-0.1, -0.05) is 18.2 Å². The Kier molecular flexibility index (Phi) is 3.66. The molecule has 1 aromatic carbocycles. The van der Waals surface area contributed by atoms with Crippen molar-refractivity contribution in [2.45, 2.75) is 50.3 Å². The Bertz CT molecular complexity index is 470. The highest BCUT2D eigenvalue weighted by molar-refractivity contribution is 5.82. The number of likely N-dealkylation sites (N-methyl/N-ethyl adjacent to an activating group) is 1. The van der Waals surface area contributed by atoms with E-state index in [0.29, 0.717) is 18.5 Å². The van der Waals surface area contributed by atoms with Crippen molar-refractivity contribution in [3.05, 3.63) is 29.8 Å². The minimum Gasteiger partial charge on any atom is -0.480 e. The average molecular weight is 274 g/mol. The molecule has 1 aliphatic heterocycles. The number of benzene rings is 1. The Morgan fingerprint density at radius 1 is 1.25 bits per heavy atom. The summed E-state index contributed by atoms with van der Waals surface area (Å²) in [5.74, 6) is 0.951. The molecule has 0 aromatic heterocycles. The van der Waals surface area contributed by atoms with E-state index in [1.807, 2.05) is 36.2 Å². The van der Waals surface area contributed by atoms with E-state index in [0.717, 1.165) is 37.0 Å². The highest BCUT2D eigenvalue weighted by atomic mass is 16.5. The molecule has 0 saturated heterocycles. The molecule has 2 N–H and O–H groups in total. The van der Waals surface area contributed by atoms with Gasteiger partial charge in [0.15, 0.2) is 6.10 Å². The lowest BCUT2D eigenvalue weighted by Gasteiger charge is -2.34. The predicted molar refractivity (Wildman–Crippen MR) is 77.6 cm³/mol. The molecule has 1 aromatic rings. The number of nitrogens with two attached hydrogens (primary N) is 1. The van der Waals surface area contributed by atoms with Crippen molar-refractivity contribution in [3.63, 3.8) is 0 Å². The highest BCUT2D eigenvalue weighted by Gasteiger charge is 2.34. The lowest BCUT2D eigenvalue weighted by Crippen LogP contribution is -2.47. The first-order chi connectivity index (χ1) is 9.65. The van der Waals surface area contributed by atoms with Crippen LogP contribution in [0.25, 0.3) is 0 Å². The van der Waals surface area contributed by atoms with Gasteiger partial charge in [0.2, 0.25) is 0 Å². The molecule has 0 bridgehead atoms. The summed E-state index contributed by atoms with van der Waals surface area (Å²) in [6.07, 6.45) is 4.35. The van der Waals surface area contributed by atoms with E-state index < -0.39 is 0 Å². The molecule has 108 valence electrons. The number of hydrogen-bond donors (Lipinski definition) is 1. The summed E-state index contributed by atoms with van der Waals surface area (Å²) < 4.78 is 5.79. The van der Waals surface area contributed by atoms with Crippen LogP contribution in [-0.2, 0) is 11.2 Å². The van der Waals surface area contributed by atoms with Crippen LogP contribution in [0.3, 0.4) is 0 Å². The summed E-state index contributed by atoms with van der Waals surface area (Å²) >= 11 is 0. The third-order valence-electron chi connectivity index (χ3n) is 4.56. The van der Waals surface area contributed by atoms with Crippen LogP contribution < -0.4 is 10.5 Å². The summed E-state index contributed by atoms with van der Waals surface area (Å²) in [4.78, 5) is 14.4. The molecule has 1 aliphatic carbocycles. The lowest BCUT2D eigenvalue weighted by atomic mass is 9.90. The number of carbonyl (C=O) groups is 1. The Morgan fingerprint density at radius 3 is 2.65 bits per heavy atom. The number of nitrogens with zero attached hydrogens (tertiary/aromatic N) is 1. The molecule has 1 unspecified atom stereocenters. The van der Waals surface area contributed by atoms with E-state index in [4.69, 9.17) is 10.5 Å². The zero-order valence-electron chi connectivity index (χ0n) is 11.9. The first-order valence-electron chi connectivity index (χ1n) is 7.42. The van der Waals surface area contributed by atoms with Crippen molar-refractivity contribution in [2.24, 2.45) is 5.73 Å². The molecule has 0 spiro atoms. The van der Waals surface area contributed by atoms with E-state index in [1.165, 1.54) is 0 Å². The van der Waals surface area contributed by atoms with Crippen molar-refractivity contribution < 1.29 is 9.53 Å². The Labute approximate surface area is 119 Å². The first-order valence-corrected chi connectivity index (χ1v) is 7.42. The van der Waals surface area contributed by atoms with Crippen LogP contribution in [0, 0.1) is 0 Å². The third kappa shape index (κ3) is 2.52. The maximum atomic E-state index is 12.6.